The normalized spacial score (nSPS) is 12.4. The van der Waals surface area contributed by atoms with Crippen LogP contribution in [0.3, 0.4) is 0 Å². The minimum Gasteiger partial charge on any atom is -0.423 e. The van der Waals surface area contributed by atoms with Crippen LogP contribution in [0.15, 0.2) is 62.1 Å². The second-order valence-corrected chi connectivity index (χ2v) is 7.06. The van der Waals surface area contributed by atoms with E-state index in [0.29, 0.717) is 11.1 Å². The Morgan fingerprint density at radius 2 is 1.87 bits per heavy atom. The average Bonchev–Trinajstić information content (AvgIpc) is 3.20. The molecule has 5 nitrogen and oxygen atoms in total. The summed E-state index contributed by atoms with van der Waals surface area (Å²) < 4.78 is 61.4. The number of halogens is 5. The van der Waals surface area contributed by atoms with Crippen LogP contribution in [0.1, 0.15) is 11.3 Å². The van der Waals surface area contributed by atoms with E-state index in [-0.39, 0.29) is 27.4 Å². The molecule has 30 heavy (non-hydrogen) atoms. The first-order valence-corrected chi connectivity index (χ1v) is 9.23. The summed E-state index contributed by atoms with van der Waals surface area (Å²) in [6.45, 7) is 1.26. The molecule has 0 spiro atoms. The molecule has 2 aromatic carbocycles. The van der Waals surface area contributed by atoms with Crippen molar-refractivity contribution in [2.24, 2.45) is 10.2 Å². The zero-order valence-electron chi connectivity index (χ0n) is 15.1. The molecule has 0 saturated carbocycles. The maximum absolute atomic E-state index is 13.8. The van der Waals surface area contributed by atoms with E-state index >= 15 is 0 Å². The summed E-state index contributed by atoms with van der Waals surface area (Å²) in [6.07, 6.45) is -4.74. The number of oxazole rings is 1. The number of nitrogens with zero attached hydrogens (tertiary/aromatic N) is 4. The molecule has 0 aliphatic rings. The molecule has 0 aliphatic carbocycles. The summed E-state index contributed by atoms with van der Waals surface area (Å²) in [6, 6.07) is 10.1. The molecular weight excluding hydrogens is 444 g/mol. The standard InChI is InChI=1S/C19H11ClF4N4OS/c1-9-15(19(22,23)24)16(27-26-10-6-7-12(21)11(20)8-10)17(30)28(9)18-25-13-4-2-3-5-14(13)29-18/h2-8,30H,1H3. The van der Waals surface area contributed by atoms with Gasteiger partial charge in [0.1, 0.15) is 27.6 Å². The Kier molecular flexibility index (Phi) is 5.07. The fourth-order valence-corrected chi connectivity index (χ4v) is 3.51. The fourth-order valence-electron chi connectivity index (χ4n) is 2.94. The van der Waals surface area contributed by atoms with Gasteiger partial charge in [0.2, 0.25) is 0 Å². The van der Waals surface area contributed by atoms with Crippen LogP contribution in [0, 0.1) is 12.7 Å². The van der Waals surface area contributed by atoms with Gasteiger partial charge in [-0.1, -0.05) is 23.7 Å². The Morgan fingerprint density at radius 3 is 2.53 bits per heavy atom. The van der Waals surface area contributed by atoms with Gasteiger partial charge in [0.25, 0.3) is 0 Å². The van der Waals surface area contributed by atoms with Crippen molar-refractivity contribution in [3.8, 4) is 6.01 Å². The van der Waals surface area contributed by atoms with E-state index in [1.54, 1.807) is 24.3 Å². The van der Waals surface area contributed by atoms with Gasteiger partial charge in [0.05, 0.1) is 10.7 Å². The van der Waals surface area contributed by atoms with Crippen LogP contribution in [0.2, 0.25) is 5.02 Å². The lowest BCUT2D eigenvalue weighted by Crippen LogP contribution is -2.07. The number of alkyl halides is 3. The molecule has 2 aromatic heterocycles. The second kappa shape index (κ2) is 7.44. The molecule has 0 radical (unpaired) electrons. The quantitative estimate of drug-likeness (QED) is 0.198. The van der Waals surface area contributed by atoms with E-state index in [4.69, 9.17) is 16.0 Å². The molecule has 0 aliphatic heterocycles. The van der Waals surface area contributed by atoms with Gasteiger partial charge >= 0.3 is 12.2 Å². The Balaban J connectivity index is 1.88. The first-order valence-electron chi connectivity index (χ1n) is 8.41. The van der Waals surface area contributed by atoms with Crippen LogP contribution in [0.5, 0.6) is 0 Å². The van der Waals surface area contributed by atoms with Gasteiger partial charge in [-0.3, -0.25) is 4.57 Å². The molecule has 0 atom stereocenters. The SMILES string of the molecule is Cc1c(C(F)(F)F)c(N=Nc2ccc(F)c(Cl)c2)c(S)n1-c1nc2ccccc2o1. The van der Waals surface area contributed by atoms with Crippen molar-refractivity contribution in [2.75, 3.05) is 0 Å². The lowest BCUT2D eigenvalue weighted by molar-refractivity contribution is -0.137. The van der Waals surface area contributed by atoms with Crippen LogP contribution >= 0.6 is 24.2 Å². The molecule has 4 aromatic rings. The lowest BCUT2D eigenvalue weighted by atomic mass is 10.2. The third kappa shape index (κ3) is 3.56. The number of para-hydroxylation sites is 2. The molecule has 0 saturated heterocycles. The minimum absolute atomic E-state index is 0.0783. The number of hydrogen-bond donors (Lipinski definition) is 1. The van der Waals surface area contributed by atoms with Crippen molar-refractivity contribution in [1.82, 2.24) is 9.55 Å². The summed E-state index contributed by atoms with van der Waals surface area (Å²) in [5, 5.41) is 7.10. The fraction of sp³-hybridized carbons (Fsp3) is 0.105. The van der Waals surface area contributed by atoms with Crippen LogP contribution < -0.4 is 0 Å². The van der Waals surface area contributed by atoms with E-state index in [1.807, 2.05) is 0 Å². The number of rotatable bonds is 3. The van der Waals surface area contributed by atoms with Crippen molar-refractivity contribution in [2.45, 2.75) is 18.1 Å². The average molecular weight is 455 g/mol. The number of hydrogen-bond acceptors (Lipinski definition) is 5. The highest BCUT2D eigenvalue weighted by Crippen LogP contribution is 2.45. The Morgan fingerprint density at radius 1 is 1.13 bits per heavy atom. The topological polar surface area (TPSA) is 55.7 Å². The molecule has 11 heteroatoms. The second-order valence-electron chi connectivity index (χ2n) is 6.23. The smallest absolute Gasteiger partial charge is 0.420 e. The van der Waals surface area contributed by atoms with E-state index in [2.05, 4.69) is 27.8 Å². The predicted molar refractivity (Wildman–Crippen MR) is 106 cm³/mol. The summed E-state index contributed by atoms with van der Waals surface area (Å²) in [5.74, 6) is -0.681. The highest BCUT2D eigenvalue weighted by atomic mass is 35.5. The first-order chi connectivity index (χ1) is 14.2. The molecule has 154 valence electrons. The lowest BCUT2D eigenvalue weighted by Gasteiger charge is -2.07. The number of fused-ring (bicyclic) bond motifs is 1. The van der Waals surface area contributed by atoms with Crippen molar-refractivity contribution < 1.29 is 22.0 Å². The van der Waals surface area contributed by atoms with Crippen LogP contribution in [-0.4, -0.2) is 9.55 Å². The molecule has 0 unspecified atom stereocenters. The van der Waals surface area contributed by atoms with Gasteiger partial charge < -0.3 is 4.42 Å². The summed E-state index contributed by atoms with van der Waals surface area (Å²) in [7, 11) is 0. The monoisotopic (exact) mass is 454 g/mol. The van der Waals surface area contributed by atoms with Gasteiger partial charge in [-0.05, 0) is 37.3 Å². The maximum atomic E-state index is 13.8. The van der Waals surface area contributed by atoms with Gasteiger partial charge in [-0.2, -0.15) is 23.3 Å². The third-order valence-corrected chi connectivity index (χ3v) is 4.99. The molecule has 0 fully saturated rings. The van der Waals surface area contributed by atoms with E-state index in [1.165, 1.54) is 13.0 Å². The summed E-state index contributed by atoms with van der Waals surface area (Å²) in [4.78, 5) is 4.23. The van der Waals surface area contributed by atoms with Crippen molar-refractivity contribution in [1.29, 1.82) is 0 Å². The molecule has 2 heterocycles. The van der Waals surface area contributed by atoms with E-state index in [9.17, 15) is 17.6 Å². The Bertz CT molecular complexity index is 1260. The van der Waals surface area contributed by atoms with Crippen LogP contribution in [0.25, 0.3) is 17.1 Å². The highest BCUT2D eigenvalue weighted by molar-refractivity contribution is 7.80. The zero-order valence-corrected chi connectivity index (χ0v) is 16.7. The zero-order chi connectivity index (χ0) is 21.6. The summed E-state index contributed by atoms with van der Waals surface area (Å²) >= 11 is 9.92. The van der Waals surface area contributed by atoms with E-state index in [0.717, 1.165) is 16.7 Å². The van der Waals surface area contributed by atoms with Gasteiger partial charge in [0.15, 0.2) is 5.58 Å². The predicted octanol–water partition coefficient (Wildman–Crippen LogP) is 7.44. The van der Waals surface area contributed by atoms with Crippen molar-refractivity contribution in [3.05, 3.63) is 64.6 Å². The van der Waals surface area contributed by atoms with Gasteiger partial charge in [0, 0.05) is 5.69 Å². The minimum atomic E-state index is -4.74. The molecule has 0 N–H and O–H groups in total. The molecule has 0 bridgehead atoms. The first kappa shape index (κ1) is 20.4. The van der Waals surface area contributed by atoms with Gasteiger partial charge in [-0.25, -0.2) is 4.39 Å². The third-order valence-electron chi connectivity index (χ3n) is 4.28. The number of azo groups is 1. The van der Waals surface area contributed by atoms with E-state index < -0.39 is 23.2 Å². The van der Waals surface area contributed by atoms with Gasteiger partial charge in [-0.15, -0.1) is 17.7 Å². The Labute approximate surface area is 177 Å². The molecular formula is C19H11ClF4N4OS. The molecule has 0 amide bonds. The number of aromatic nitrogens is 2. The largest absolute Gasteiger partial charge is 0.423 e. The van der Waals surface area contributed by atoms with Crippen LogP contribution in [-0.2, 0) is 6.18 Å². The molecule has 4 rings (SSSR count). The maximum Gasteiger partial charge on any atom is 0.420 e. The van der Waals surface area contributed by atoms with Crippen molar-refractivity contribution in [3.63, 3.8) is 0 Å². The van der Waals surface area contributed by atoms with Crippen molar-refractivity contribution >= 4 is 46.7 Å². The van der Waals surface area contributed by atoms with Crippen LogP contribution in [0.4, 0.5) is 28.9 Å². The number of thiol groups is 1. The summed E-state index contributed by atoms with van der Waals surface area (Å²) in [5.41, 5.74) is -0.811. The highest BCUT2D eigenvalue weighted by Gasteiger charge is 2.40. The Hall–Kier alpha value is -2.85. The number of benzene rings is 2.